The Morgan fingerprint density at radius 1 is 1.00 bits per heavy atom. The average Bonchev–Trinajstić information content (AvgIpc) is 3.86. The summed E-state index contributed by atoms with van der Waals surface area (Å²) in [5.74, 6) is 0.620. The monoisotopic (exact) mass is 799 g/mol. The van der Waals surface area contributed by atoms with E-state index >= 15 is 0 Å². The Balaban J connectivity index is 1.04. The molecular weight excluding hydrogens is 757 g/mol. The number of thiazole rings is 1. The summed E-state index contributed by atoms with van der Waals surface area (Å²) in [6, 6.07) is 17.6. The minimum Gasteiger partial charge on any atom is -0.466 e. The summed E-state index contributed by atoms with van der Waals surface area (Å²) in [6.45, 7) is 8.01. The van der Waals surface area contributed by atoms with Crippen LogP contribution < -0.4 is 15.0 Å². The van der Waals surface area contributed by atoms with Crippen molar-refractivity contribution >= 4 is 52.4 Å². The number of nitrogens with zero attached hydrogens (tertiary/aromatic N) is 6. The van der Waals surface area contributed by atoms with Crippen molar-refractivity contribution in [1.29, 1.82) is 0 Å². The normalized spacial score (nSPS) is 18.4. The van der Waals surface area contributed by atoms with Gasteiger partial charge in [-0.3, -0.25) is 19.6 Å². The molecule has 292 valence electrons. The molecule has 0 radical (unpaired) electrons. The molecule has 3 aliphatic heterocycles. The van der Waals surface area contributed by atoms with Crippen LogP contribution in [-0.4, -0.2) is 102 Å². The number of ether oxygens (including phenoxy) is 2. The lowest BCUT2D eigenvalue weighted by Gasteiger charge is -2.38. The van der Waals surface area contributed by atoms with Crippen LogP contribution in [0.3, 0.4) is 0 Å². The lowest BCUT2D eigenvalue weighted by molar-refractivity contribution is -0.136. The van der Waals surface area contributed by atoms with Crippen LogP contribution in [0.5, 0.6) is 11.5 Å². The van der Waals surface area contributed by atoms with Crippen LogP contribution in [-0.2, 0) is 9.53 Å². The minimum absolute atomic E-state index is 0.0177. The third-order valence-electron chi connectivity index (χ3n) is 10.0. The second kappa shape index (κ2) is 17.2. The van der Waals surface area contributed by atoms with Gasteiger partial charge in [0.2, 0.25) is 0 Å². The van der Waals surface area contributed by atoms with Gasteiger partial charge in [-0.1, -0.05) is 31.5 Å². The quantitative estimate of drug-likeness (QED) is 0.142. The number of amidine groups is 1. The van der Waals surface area contributed by atoms with Gasteiger partial charge in [-0.25, -0.2) is 19.0 Å². The van der Waals surface area contributed by atoms with Gasteiger partial charge in [-0.15, -0.1) is 11.3 Å². The van der Waals surface area contributed by atoms with Crippen molar-refractivity contribution in [1.82, 2.24) is 25.0 Å². The number of carbonyl (C=O) groups is 3. The SMILES string of the molecule is CCCN(CCC)C(=O)c1ccc(Oc2ccc(N3C[C@@H]4CN(CC5=C(C(=O)OC)[C@H](c6ccc(F)cc6Cl)N=C(c6nccs6)N5)CCN4C3=O)cc2)cc1. The van der Waals surface area contributed by atoms with E-state index in [0.717, 1.165) is 31.6 Å². The van der Waals surface area contributed by atoms with Crippen LogP contribution in [0.2, 0.25) is 5.02 Å². The molecule has 3 aromatic carbocycles. The molecule has 0 spiro atoms. The molecule has 2 atom stereocenters. The first kappa shape index (κ1) is 38.9. The lowest BCUT2D eigenvalue weighted by Crippen LogP contribution is -2.53. The summed E-state index contributed by atoms with van der Waals surface area (Å²) in [4.78, 5) is 57.0. The number of esters is 1. The molecule has 12 nitrogen and oxygen atoms in total. The molecule has 15 heteroatoms. The number of nitrogens with one attached hydrogen (secondary N) is 1. The molecule has 0 bridgehead atoms. The highest BCUT2D eigenvalue weighted by molar-refractivity contribution is 7.11. The Labute approximate surface area is 334 Å². The first-order valence-corrected chi connectivity index (χ1v) is 19.9. The summed E-state index contributed by atoms with van der Waals surface area (Å²) in [6.07, 6.45) is 3.48. The first-order chi connectivity index (χ1) is 27.2. The van der Waals surface area contributed by atoms with Gasteiger partial charge >= 0.3 is 12.0 Å². The van der Waals surface area contributed by atoms with E-state index in [4.69, 9.17) is 26.1 Å². The minimum atomic E-state index is -0.863. The largest absolute Gasteiger partial charge is 0.466 e. The Kier molecular flexibility index (Phi) is 12.0. The number of hydrogen-bond donors (Lipinski definition) is 1. The van der Waals surface area contributed by atoms with Crippen molar-refractivity contribution < 1.29 is 28.2 Å². The van der Waals surface area contributed by atoms with E-state index in [0.29, 0.717) is 71.9 Å². The molecule has 0 saturated carbocycles. The van der Waals surface area contributed by atoms with Crippen molar-refractivity contribution in [3.8, 4) is 11.5 Å². The molecule has 1 N–H and O–H groups in total. The molecule has 3 amide bonds. The van der Waals surface area contributed by atoms with Gasteiger partial charge in [0.05, 0.1) is 18.7 Å². The Morgan fingerprint density at radius 3 is 2.36 bits per heavy atom. The number of amides is 3. The molecule has 4 aromatic rings. The van der Waals surface area contributed by atoms with E-state index in [1.54, 1.807) is 35.4 Å². The smallest absolute Gasteiger partial charge is 0.338 e. The summed E-state index contributed by atoms with van der Waals surface area (Å²) in [5, 5.41) is 5.94. The third kappa shape index (κ3) is 8.27. The number of benzene rings is 3. The molecule has 2 saturated heterocycles. The van der Waals surface area contributed by atoms with Crippen LogP contribution in [0, 0.1) is 5.82 Å². The number of halogens is 2. The maximum absolute atomic E-state index is 14.1. The summed E-state index contributed by atoms with van der Waals surface area (Å²) >= 11 is 7.92. The second-order valence-electron chi connectivity index (χ2n) is 13.8. The number of fused-ring (bicyclic) bond motifs is 1. The first-order valence-electron chi connectivity index (χ1n) is 18.7. The number of aliphatic imine (C=N–C) groups is 1. The van der Waals surface area contributed by atoms with Crippen LogP contribution in [0.4, 0.5) is 14.9 Å². The fourth-order valence-electron chi connectivity index (χ4n) is 7.36. The standard InChI is InChI=1S/C41H43ClFN7O5S/c1-4-17-48(18-5-2)39(51)26-6-11-30(12-7-26)55-31-13-9-28(10-14-31)50-24-29-23-47(19-20-49(29)41(50)53)25-34-35(40(52)54-3)36(32-15-8-27(43)22-33(32)42)46-37(45-34)38-44-16-21-56-38/h6-16,21-22,29,36H,4-5,17-20,23-25H2,1-3H3,(H,45,46)/t29-,36-/m0/s1. The molecule has 0 aliphatic carbocycles. The summed E-state index contributed by atoms with van der Waals surface area (Å²) in [5.41, 5.74) is 2.69. The predicted molar refractivity (Wildman–Crippen MR) is 214 cm³/mol. The number of piperazine rings is 1. The van der Waals surface area contributed by atoms with Crippen LogP contribution in [0.15, 0.2) is 94.6 Å². The van der Waals surface area contributed by atoms with E-state index < -0.39 is 17.8 Å². The number of aromatic nitrogens is 1. The molecule has 0 unspecified atom stereocenters. The zero-order chi connectivity index (χ0) is 39.3. The Morgan fingerprint density at radius 2 is 1.71 bits per heavy atom. The van der Waals surface area contributed by atoms with Crippen molar-refractivity contribution in [2.24, 2.45) is 4.99 Å². The zero-order valence-electron chi connectivity index (χ0n) is 31.4. The van der Waals surface area contributed by atoms with E-state index in [1.165, 1.54) is 36.6 Å². The van der Waals surface area contributed by atoms with Gasteiger partial charge in [0.25, 0.3) is 5.91 Å². The van der Waals surface area contributed by atoms with Gasteiger partial charge in [-0.05, 0) is 73.5 Å². The maximum atomic E-state index is 14.1. The predicted octanol–water partition coefficient (Wildman–Crippen LogP) is 7.13. The van der Waals surface area contributed by atoms with Crippen molar-refractivity contribution in [3.05, 3.63) is 117 Å². The fraction of sp³-hybridized carbons (Fsp3) is 0.341. The third-order valence-corrected chi connectivity index (χ3v) is 11.1. The summed E-state index contributed by atoms with van der Waals surface area (Å²) < 4.78 is 25.4. The van der Waals surface area contributed by atoms with E-state index in [1.807, 2.05) is 39.4 Å². The van der Waals surface area contributed by atoms with E-state index in [2.05, 4.69) is 29.0 Å². The molecule has 7 rings (SSSR count). The molecule has 1 aromatic heterocycles. The molecule has 2 fully saturated rings. The maximum Gasteiger partial charge on any atom is 0.338 e. The highest BCUT2D eigenvalue weighted by Gasteiger charge is 2.42. The molecule has 4 heterocycles. The van der Waals surface area contributed by atoms with Gasteiger partial charge in [0.1, 0.15) is 23.4 Å². The van der Waals surface area contributed by atoms with Crippen LogP contribution in [0.1, 0.15) is 53.7 Å². The number of carbonyl (C=O) groups excluding carboxylic acids is 3. The van der Waals surface area contributed by atoms with Gasteiger partial charge in [0, 0.05) is 84.9 Å². The van der Waals surface area contributed by atoms with Gasteiger partial charge in [-0.2, -0.15) is 0 Å². The highest BCUT2D eigenvalue weighted by Crippen LogP contribution is 2.37. The fourth-order valence-corrected chi connectivity index (χ4v) is 8.21. The Hall–Kier alpha value is -5.31. The van der Waals surface area contributed by atoms with Crippen molar-refractivity contribution in [2.45, 2.75) is 38.8 Å². The van der Waals surface area contributed by atoms with E-state index in [-0.39, 0.29) is 28.6 Å². The Bertz CT molecular complexity index is 2120. The van der Waals surface area contributed by atoms with Crippen LogP contribution >= 0.6 is 22.9 Å². The number of rotatable bonds is 13. The van der Waals surface area contributed by atoms with Gasteiger partial charge in [0.15, 0.2) is 10.8 Å². The zero-order valence-corrected chi connectivity index (χ0v) is 33.0. The number of hydrogen-bond acceptors (Lipinski definition) is 10. The van der Waals surface area contributed by atoms with Gasteiger partial charge < -0.3 is 24.6 Å². The number of urea groups is 1. The number of methoxy groups -OCH3 is 1. The highest BCUT2D eigenvalue weighted by atomic mass is 35.5. The molecular formula is C41H43ClFN7O5S. The van der Waals surface area contributed by atoms with Crippen molar-refractivity contribution in [2.75, 3.05) is 57.8 Å². The number of anilines is 1. The average molecular weight is 800 g/mol. The van der Waals surface area contributed by atoms with E-state index in [9.17, 15) is 18.8 Å². The molecule has 3 aliphatic rings. The lowest BCUT2D eigenvalue weighted by atomic mass is 9.95. The van der Waals surface area contributed by atoms with Crippen LogP contribution in [0.25, 0.3) is 0 Å². The summed E-state index contributed by atoms with van der Waals surface area (Å²) in [7, 11) is 1.31. The molecule has 56 heavy (non-hydrogen) atoms. The van der Waals surface area contributed by atoms with Crippen molar-refractivity contribution in [3.63, 3.8) is 0 Å². The second-order valence-corrected chi connectivity index (χ2v) is 15.1. The topological polar surface area (TPSA) is 120 Å².